The van der Waals surface area contributed by atoms with Crippen LogP contribution in [0, 0.1) is 6.92 Å². The number of thioether (sulfide) groups is 1. The van der Waals surface area contributed by atoms with E-state index in [1.54, 1.807) is 11.8 Å². The van der Waals surface area contributed by atoms with Crippen LogP contribution in [0.4, 0.5) is 0 Å². The van der Waals surface area contributed by atoms with Gasteiger partial charge in [0.1, 0.15) is 12.3 Å². The number of aromatic nitrogens is 2. The fourth-order valence-corrected chi connectivity index (χ4v) is 4.84. The van der Waals surface area contributed by atoms with Gasteiger partial charge in [0.05, 0.1) is 17.6 Å². The normalized spacial score (nSPS) is 16.7. The molecule has 1 fully saturated rings. The van der Waals surface area contributed by atoms with E-state index in [2.05, 4.69) is 24.5 Å². The van der Waals surface area contributed by atoms with Crippen molar-refractivity contribution in [2.24, 2.45) is 0 Å². The summed E-state index contributed by atoms with van der Waals surface area (Å²) < 4.78 is 7.95. The quantitative estimate of drug-likeness (QED) is 0.400. The molecule has 2 aromatic carbocycles. The number of carbonyl (C=O) groups excluding carboxylic acids is 1. The first kappa shape index (κ1) is 20.8. The van der Waals surface area contributed by atoms with Gasteiger partial charge in [-0.2, -0.15) is 0 Å². The van der Waals surface area contributed by atoms with Crippen molar-refractivity contribution in [3.8, 4) is 5.75 Å². The number of rotatable bonds is 7. The summed E-state index contributed by atoms with van der Waals surface area (Å²) in [7, 11) is 0. The first-order chi connectivity index (χ1) is 14.6. The van der Waals surface area contributed by atoms with E-state index in [-0.39, 0.29) is 5.91 Å². The van der Waals surface area contributed by atoms with E-state index in [1.807, 2.05) is 47.4 Å². The lowest BCUT2D eigenvalue weighted by Gasteiger charge is -2.33. The Balaban J connectivity index is 1.45. The minimum Gasteiger partial charge on any atom is -0.493 e. The van der Waals surface area contributed by atoms with Gasteiger partial charge in [-0.1, -0.05) is 36.0 Å². The summed E-state index contributed by atoms with van der Waals surface area (Å²) in [6.07, 6.45) is 3.40. The molecule has 4 rings (SSSR count). The third-order valence-corrected chi connectivity index (χ3v) is 6.55. The minimum absolute atomic E-state index is 0.184. The zero-order valence-electron chi connectivity index (χ0n) is 17.7. The number of hydrogen-bond donors (Lipinski definition) is 0. The van der Waals surface area contributed by atoms with E-state index in [4.69, 9.17) is 9.72 Å². The molecule has 0 aliphatic carbocycles. The number of amides is 1. The number of para-hydroxylation sites is 2. The average molecular weight is 424 g/mol. The molecular formula is C24H29N3O2S. The zero-order chi connectivity index (χ0) is 20.9. The number of piperidine rings is 1. The molecule has 1 aromatic heterocycles. The topological polar surface area (TPSA) is 47.4 Å². The van der Waals surface area contributed by atoms with Crippen LogP contribution in [0.3, 0.4) is 0 Å². The molecule has 1 saturated heterocycles. The van der Waals surface area contributed by atoms with Gasteiger partial charge in [0.15, 0.2) is 5.16 Å². The van der Waals surface area contributed by atoms with Crippen LogP contribution in [-0.4, -0.2) is 45.3 Å². The van der Waals surface area contributed by atoms with Crippen LogP contribution in [0.5, 0.6) is 5.75 Å². The molecule has 0 radical (unpaired) electrons. The molecule has 0 bridgehead atoms. The van der Waals surface area contributed by atoms with Gasteiger partial charge in [-0.15, -0.1) is 0 Å². The molecule has 6 heteroatoms. The molecular weight excluding hydrogens is 394 g/mol. The highest BCUT2D eigenvalue weighted by Gasteiger charge is 2.24. The summed E-state index contributed by atoms with van der Waals surface area (Å²) in [4.78, 5) is 19.9. The Bertz CT molecular complexity index is 1020. The van der Waals surface area contributed by atoms with Crippen molar-refractivity contribution in [3.63, 3.8) is 0 Å². The predicted octanol–water partition coefficient (Wildman–Crippen LogP) is 4.92. The number of likely N-dealkylation sites (tertiary alicyclic amines) is 1. The molecule has 3 aromatic rings. The van der Waals surface area contributed by atoms with Crippen LogP contribution in [0.1, 0.15) is 31.7 Å². The van der Waals surface area contributed by atoms with Crippen LogP contribution in [0.25, 0.3) is 11.0 Å². The third-order valence-electron chi connectivity index (χ3n) is 5.61. The lowest BCUT2D eigenvalue weighted by molar-refractivity contribution is -0.135. The molecule has 158 valence electrons. The molecule has 5 nitrogen and oxygen atoms in total. The highest BCUT2D eigenvalue weighted by Crippen LogP contribution is 2.25. The number of nitrogens with zero attached hydrogens (tertiary/aromatic N) is 3. The Kier molecular flexibility index (Phi) is 6.62. The van der Waals surface area contributed by atoms with Crippen molar-refractivity contribution < 1.29 is 9.53 Å². The molecule has 0 N–H and O–H groups in total. The monoisotopic (exact) mass is 423 g/mol. The molecule has 0 spiro atoms. The van der Waals surface area contributed by atoms with Crippen molar-refractivity contribution in [1.82, 2.24) is 14.5 Å². The predicted molar refractivity (Wildman–Crippen MR) is 122 cm³/mol. The van der Waals surface area contributed by atoms with Crippen LogP contribution in [0.15, 0.2) is 53.7 Å². The van der Waals surface area contributed by atoms with E-state index < -0.39 is 0 Å². The van der Waals surface area contributed by atoms with E-state index >= 15 is 0 Å². The average Bonchev–Trinajstić information content (AvgIpc) is 3.09. The molecule has 30 heavy (non-hydrogen) atoms. The van der Waals surface area contributed by atoms with Gasteiger partial charge in [-0.05, 0) is 62.9 Å². The SMILES string of the molecule is Cc1cccc(OCCSc2nc3ccccc3n2CC(=O)N2CCCCC2C)c1. The highest BCUT2D eigenvalue weighted by atomic mass is 32.2. The fourth-order valence-electron chi connectivity index (χ4n) is 4.01. The second-order valence-electron chi connectivity index (χ2n) is 7.91. The Morgan fingerprint density at radius 1 is 1.20 bits per heavy atom. The summed E-state index contributed by atoms with van der Waals surface area (Å²) in [5.41, 5.74) is 3.13. The van der Waals surface area contributed by atoms with E-state index in [9.17, 15) is 4.79 Å². The van der Waals surface area contributed by atoms with Gasteiger partial charge < -0.3 is 14.2 Å². The Morgan fingerprint density at radius 3 is 2.90 bits per heavy atom. The number of benzene rings is 2. The molecule has 1 aliphatic heterocycles. The number of hydrogen-bond acceptors (Lipinski definition) is 4. The molecule has 1 amide bonds. The summed E-state index contributed by atoms with van der Waals surface area (Å²) in [5, 5.41) is 0.877. The molecule has 2 heterocycles. The van der Waals surface area contributed by atoms with E-state index in [1.165, 1.54) is 12.0 Å². The molecule has 1 aliphatic rings. The largest absolute Gasteiger partial charge is 0.493 e. The lowest BCUT2D eigenvalue weighted by Crippen LogP contribution is -2.43. The van der Waals surface area contributed by atoms with E-state index in [0.29, 0.717) is 19.2 Å². The highest BCUT2D eigenvalue weighted by molar-refractivity contribution is 7.99. The number of ether oxygens (including phenoxy) is 1. The van der Waals surface area contributed by atoms with Crippen molar-refractivity contribution >= 4 is 28.7 Å². The standard InChI is InChI=1S/C24H29N3O2S/c1-18-8-7-10-20(16-18)29-14-15-30-24-25-21-11-3-4-12-22(21)27(24)17-23(28)26-13-6-5-9-19(26)2/h3-4,7-8,10-12,16,19H,5-6,9,13-15,17H2,1-2H3. The Hall–Kier alpha value is -2.47. The van der Waals surface area contributed by atoms with Gasteiger partial charge in [-0.25, -0.2) is 4.98 Å². The first-order valence-corrected chi connectivity index (χ1v) is 11.7. The second kappa shape index (κ2) is 9.56. The molecule has 1 atom stereocenters. The fraction of sp³-hybridized carbons (Fsp3) is 0.417. The zero-order valence-corrected chi connectivity index (χ0v) is 18.5. The van der Waals surface area contributed by atoms with Crippen molar-refractivity contribution in [1.29, 1.82) is 0 Å². The number of aryl methyl sites for hydroxylation is 1. The van der Waals surface area contributed by atoms with E-state index in [0.717, 1.165) is 47.1 Å². The Morgan fingerprint density at radius 2 is 2.07 bits per heavy atom. The maximum atomic E-state index is 13.1. The summed E-state index contributed by atoms with van der Waals surface area (Å²) in [6, 6.07) is 16.4. The molecule has 0 saturated carbocycles. The Labute approximate surface area is 182 Å². The maximum absolute atomic E-state index is 13.1. The third kappa shape index (κ3) is 4.81. The molecule has 1 unspecified atom stereocenters. The van der Waals surface area contributed by atoms with Crippen molar-refractivity contribution in [2.45, 2.75) is 50.9 Å². The first-order valence-electron chi connectivity index (χ1n) is 10.7. The number of imidazole rings is 1. The van der Waals surface area contributed by atoms with Crippen LogP contribution in [0.2, 0.25) is 0 Å². The summed E-state index contributed by atoms with van der Waals surface area (Å²) >= 11 is 1.64. The smallest absolute Gasteiger partial charge is 0.242 e. The van der Waals surface area contributed by atoms with Crippen LogP contribution >= 0.6 is 11.8 Å². The second-order valence-corrected chi connectivity index (χ2v) is 8.98. The minimum atomic E-state index is 0.184. The van der Waals surface area contributed by atoms with Gasteiger partial charge in [-0.3, -0.25) is 4.79 Å². The van der Waals surface area contributed by atoms with Crippen molar-refractivity contribution in [2.75, 3.05) is 18.9 Å². The van der Waals surface area contributed by atoms with Gasteiger partial charge in [0.25, 0.3) is 0 Å². The lowest BCUT2D eigenvalue weighted by atomic mass is 10.0. The summed E-state index contributed by atoms with van der Waals surface area (Å²) in [6.45, 7) is 6.01. The van der Waals surface area contributed by atoms with Gasteiger partial charge in [0.2, 0.25) is 5.91 Å². The number of carbonyl (C=O) groups is 1. The number of fused-ring (bicyclic) bond motifs is 1. The van der Waals surface area contributed by atoms with Gasteiger partial charge in [0, 0.05) is 18.3 Å². The summed E-state index contributed by atoms with van der Waals surface area (Å²) in [5.74, 6) is 1.84. The maximum Gasteiger partial charge on any atom is 0.242 e. The van der Waals surface area contributed by atoms with Gasteiger partial charge >= 0.3 is 0 Å². The van der Waals surface area contributed by atoms with Crippen LogP contribution in [-0.2, 0) is 11.3 Å². The van der Waals surface area contributed by atoms with Crippen molar-refractivity contribution in [3.05, 3.63) is 54.1 Å². The van der Waals surface area contributed by atoms with Crippen LogP contribution < -0.4 is 4.74 Å².